The quantitative estimate of drug-likeness (QED) is 0.705. The first kappa shape index (κ1) is 15.6. The van der Waals surface area contributed by atoms with Crippen LogP contribution in [0.25, 0.3) is 0 Å². The number of halogens is 1. The van der Waals surface area contributed by atoms with Crippen LogP contribution in [0.15, 0.2) is 24.3 Å². The Bertz CT molecular complexity index is 399. The Kier molecular flexibility index (Phi) is 7.07. The predicted molar refractivity (Wildman–Crippen MR) is 72.3 cm³/mol. The largest absolute Gasteiger partial charge is 0.383 e. The molecule has 1 rings (SSSR count). The molecule has 19 heavy (non-hydrogen) atoms. The third-order valence-electron chi connectivity index (χ3n) is 2.80. The van der Waals surface area contributed by atoms with Gasteiger partial charge in [0.25, 0.3) is 0 Å². The summed E-state index contributed by atoms with van der Waals surface area (Å²) in [5.74, 6) is -0.353. The van der Waals surface area contributed by atoms with Crippen LogP contribution in [0.3, 0.4) is 0 Å². The van der Waals surface area contributed by atoms with E-state index in [4.69, 9.17) is 4.74 Å². The zero-order valence-corrected chi connectivity index (χ0v) is 11.4. The van der Waals surface area contributed by atoms with Gasteiger partial charge >= 0.3 is 0 Å². The Morgan fingerprint density at radius 1 is 1.47 bits per heavy atom. The van der Waals surface area contributed by atoms with Crippen molar-refractivity contribution in [1.82, 2.24) is 10.6 Å². The molecular weight excluding hydrogens is 247 g/mol. The molecule has 106 valence electrons. The van der Waals surface area contributed by atoms with Gasteiger partial charge in [0.1, 0.15) is 5.82 Å². The zero-order chi connectivity index (χ0) is 14.1. The summed E-state index contributed by atoms with van der Waals surface area (Å²) in [6.45, 7) is 3.19. The summed E-state index contributed by atoms with van der Waals surface area (Å²) >= 11 is 0. The van der Waals surface area contributed by atoms with Crippen LogP contribution in [-0.2, 0) is 9.53 Å². The number of methoxy groups -OCH3 is 1. The summed E-state index contributed by atoms with van der Waals surface area (Å²) in [6, 6.07) is 6.40. The molecule has 0 fully saturated rings. The number of carbonyl (C=O) groups is 1. The Morgan fingerprint density at radius 2 is 2.26 bits per heavy atom. The Morgan fingerprint density at radius 3 is 2.89 bits per heavy atom. The van der Waals surface area contributed by atoms with Crippen molar-refractivity contribution in [2.75, 3.05) is 26.8 Å². The van der Waals surface area contributed by atoms with Crippen molar-refractivity contribution in [1.29, 1.82) is 0 Å². The van der Waals surface area contributed by atoms with E-state index >= 15 is 0 Å². The van der Waals surface area contributed by atoms with E-state index in [1.807, 2.05) is 13.0 Å². The molecule has 1 unspecified atom stereocenters. The second-order valence-electron chi connectivity index (χ2n) is 4.24. The lowest BCUT2D eigenvalue weighted by Gasteiger charge is -2.17. The molecule has 0 saturated heterocycles. The Hall–Kier alpha value is -1.46. The normalized spacial score (nSPS) is 12.2. The minimum Gasteiger partial charge on any atom is -0.383 e. The van der Waals surface area contributed by atoms with Crippen LogP contribution < -0.4 is 10.6 Å². The smallest absolute Gasteiger partial charge is 0.234 e. The zero-order valence-electron chi connectivity index (χ0n) is 11.4. The van der Waals surface area contributed by atoms with Crippen molar-refractivity contribution in [3.05, 3.63) is 35.6 Å². The minimum absolute atomic E-state index is 0.0242. The van der Waals surface area contributed by atoms with Gasteiger partial charge in [0, 0.05) is 19.7 Å². The second kappa shape index (κ2) is 8.61. The fourth-order valence-electron chi connectivity index (χ4n) is 1.79. The van der Waals surface area contributed by atoms with Gasteiger partial charge in [0.05, 0.1) is 13.2 Å². The van der Waals surface area contributed by atoms with Crippen molar-refractivity contribution in [3.63, 3.8) is 0 Å². The van der Waals surface area contributed by atoms with Crippen LogP contribution in [0.2, 0.25) is 0 Å². The molecular formula is C14H21FN2O2. The van der Waals surface area contributed by atoms with Gasteiger partial charge in [-0.15, -0.1) is 0 Å². The molecule has 0 aliphatic heterocycles. The summed E-state index contributed by atoms with van der Waals surface area (Å²) in [6.07, 6.45) is 0.787. The molecule has 0 spiro atoms. The average molecular weight is 268 g/mol. The van der Waals surface area contributed by atoms with Crippen LogP contribution in [0.5, 0.6) is 0 Å². The van der Waals surface area contributed by atoms with E-state index < -0.39 is 0 Å². The fourth-order valence-corrected chi connectivity index (χ4v) is 1.79. The van der Waals surface area contributed by atoms with Crippen molar-refractivity contribution < 1.29 is 13.9 Å². The molecule has 0 aliphatic rings. The van der Waals surface area contributed by atoms with Gasteiger partial charge in [-0.3, -0.25) is 4.79 Å². The highest BCUT2D eigenvalue weighted by Gasteiger charge is 2.11. The van der Waals surface area contributed by atoms with E-state index in [0.717, 1.165) is 12.0 Å². The van der Waals surface area contributed by atoms with Gasteiger partial charge < -0.3 is 15.4 Å². The fraction of sp³-hybridized carbons (Fsp3) is 0.500. The highest BCUT2D eigenvalue weighted by Crippen LogP contribution is 2.16. The SMILES string of the molecule is CCC(NCC(=O)NCCOC)c1cccc(F)c1. The summed E-state index contributed by atoms with van der Waals surface area (Å²) in [7, 11) is 1.58. The van der Waals surface area contributed by atoms with Gasteiger partial charge in [-0.2, -0.15) is 0 Å². The second-order valence-corrected chi connectivity index (χ2v) is 4.24. The van der Waals surface area contributed by atoms with Crippen molar-refractivity contribution in [2.45, 2.75) is 19.4 Å². The molecule has 0 saturated carbocycles. The Balaban J connectivity index is 2.42. The van der Waals surface area contributed by atoms with E-state index in [9.17, 15) is 9.18 Å². The summed E-state index contributed by atoms with van der Waals surface area (Å²) < 4.78 is 18.0. The lowest BCUT2D eigenvalue weighted by molar-refractivity contribution is -0.120. The lowest BCUT2D eigenvalue weighted by atomic mass is 10.0. The van der Waals surface area contributed by atoms with Crippen molar-refractivity contribution in [3.8, 4) is 0 Å². The van der Waals surface area contributed by atoms with E-state index in [1.165, 1.54) is 12.1 Å². The molecule has 1 atom stereocenters. The van der Waals surface area contributed by atoms with E-state index in [0.29, 0.717) is 13.2 Å². The third-order valence-corrected chi connectivity index (χ3v) is 2.80. The molecule has 1 amide bonds. The number of carbonyl (C=O) groups excluding carboxylic acids is 1. The Labute approximate surface area is 113 Å². The van der Waals surface area contributed by atoms with Crippen LogP contribution >= 0.6 is 0 Å². The lowest BCUT2D eigenvalue weighted by Crippen LogP contribution is -2.37. The highest BCUT2D eigenvalue weighted by molar-refractivity contribution is 5.78. The number of hydrogen-bond acceptors (Lipinski definition) is 3. The maximum atomic E-state index is 13.1. The van der Waals surface area contributed by atoms with E-state index in [1.54, 1.807) is 13.2 Å². The predicted octanol–water partition coefficient (Wildman–Crippen LogP) is 1.63. The minimum atomic E-state index is -0.262. The van der Waals surface area contributed by atoms with Crippen molar-refractivity contribution >= 4 is 5.91 Å². The van der Waals surface area contributed by atoms with Gasteiger partial charge in [0.15, 0.2) is 0 Å². The number of ether oxygens (including phenoxy) is 1. The summed E-state index contributed by atoms with van der Waals surface area (Å²) in [5.41, 5.74) is 0.854. The number of rotatable bonds is 8. The van der Waals surface area contributed by atoms with Crippen LogP contribution in [0.4, 0.5) is 4.39 Å². The van der Waals surface area contributed by atoms with Crippen LogP contribution in [0.1, 0.15) is 24.9 Å². The monoisotopic (exact) mass is 268 g/mol. The third kappa shape index (κ3) is 5.81. The number of nitrogens with one attached hydrogen (secondary N) is 2. The molecule has 0 radical (unpaired) electrons. The van der Waals surface area contributed by atoms with Gasteiger partial charge in [0.2, 0.25) is 5.91 Å². The molecule has 5 heteroatoms. The number of benzene rings is 1. The van der Waals surface area contributed by atoms with Gasteiger partial charge in [-0.25, -0.2) is 4.39 Å². The first-order valence-electron chi connectivity index (χ1n) is 6.41. The molecule has 0 bridgehead atoms. The summed E-state index contributed by atoms with van der Waals surface area (Å²) in [5, 5.41) is 5.85. The number of hydrogen-bond donors (Lipinski definition) is 2. The molecule has 1 aromatic carbocycles. The first-order chi connectivity index (χ1) is 9.17. The van der Waals surface area contributed by atoms with E-state index in [-0.39, 0.29) is 24.3 Å². The molecule has 1 aromatic rings. The molecule has 2 N–H and O–H groups in total. The molecule has 0 heterocycles. The van der Waals surface area contributed by atoms with Gasteiger partial charge in [-0.1, -0.05) is 19.1 Å². The highest BCUT2D eigenvalue weighted by atomic mass is 19.1. The maximum Gasteiger partial charge on any atom is 0.234 e. The molecule has 0 aromatic heterocycles. The van der Waals surface area contributed by atoms with Crippen LogP contribution in [-0.4, -0.2) is 32.7 Å². The van der Waals surface area contributed by atoms with Crippen LogP contribution in [0, 0.1) is 5.82 Å². The van der Waals surface area contributed by atoms with Gasteiger partial charge in [-0.05, 0) is 24.1 Å². The van der Waals surface area contributed by atoms with E-state index in [2.05, 4.69) is 10.6 Å². The maximum absolute atomic E-state index is 13.1. The van der Waals surface area contributed by atoms with Crippen molar-refractivity contribution in [2.24, 2.45) is 0 Å². The first-order valence-corrected chi connectivity index (χ1v) is 6.41. The standard InChI is InChI=1S/C14H21FN2O2/c1-3-13(11-5-4-6-12(15)9-11)17-10-14(18)16-7-8-19-2/h4-6,9,13,17H,3,7-8,10H2,1-2H3,(H,16,18). The average Bonchev–Trinajstić information content (AvgIpc) is 2.40. The topological polar surface area (TPSA) is 50.4 Å². The number of amides is 1. The molecule has 0 aliphatic carbocycles. The summed E-state index contributed by atoms with van der Waals surface area (Å²) in [4.78, 5) is 11.5. The molecule has 4 nitrogen and oxygen atoms in total.